The lowest BCUT2D eigenvalue weighted by atomic mass is 9.78. The molecule has 0 aliphatic heterocycles. The summed E-state index contributed by atoms with van der Waals surface area (Å²) in [5.41, 5.74) is 4.94. The number of aryl methyl sites for hydroxylation is 2. The number of benzene rings is 4. The number of carbonyl (C=O) groups excluding carboxylic acids is 2. The van der Waals surface area contributed by atoms with Crippen molar-refractivity contribution in [2.45, 2.75) is 99.5 Å². The molecule has 0 heterocycles. The van der Waals surface area contributed by atoms with Gasteiger partial charge in [-0.3, -0.25) is 4.79 Å². The Morgan fingerprint density at radius 1 is 0.638 bits per heavy atom. The summed E-state index contributed by atoms with van der Waals surface area (Å²) < 4.78 is 18.1. The first-order valence-corrected chi connectivity index (χ1v) is 16.9. The summed E-state index contributed by atoms with van der Waals surface area (Å²) in [5, 5.41) is 0. The predicted octanol–water partition coefficient (Wildman–Crippen LogP) is 11.4. The molecule has 0 aromatic heterocycles. The van der Waals surface area contributed by atoms with Crippen molar-refractivity contribution in [2.75, 3.05) is 0 Å². The average Bonchev–Trinajstić information content (AvgIpc) is 3.09. The SMILES string of the molecule is CCC(C)(CC)Oc1ccc(C(C)c2ccc(OC(=O)c3ccc(Oc4ccc(C(=O)C(C)(CC)CC)cc4)cc3)c(C)c2)cc1C. The van der Waals surface area contributed by atoms with Gasteiger partial charge in [-0.05, 0) is 129 Å². The maximum atomic E-state index is 13.0. The highest BCUT2D eigenvalue weighted by atomic mass is 16.5. The molecule has 0 fully saturated rings. The third-order valence-electron chi connectivity index (χ3n) is 10.0. The van der Waals surface area contributed by atoms with E-state index in [1.807, 2.05) is 52.0 Å². The molecule has 0 saturated heterocycles. The minimum absolute atomic E-state index is 0.147. The van der Waals surface area contributed by atoms with Crippen molar-refractivity contribution >= 4 is 11.8 Å². The zero-order chi connectivity index (χ0) is 34.4. The first-order chi connectivity index (χ1) is 22.3. The van der Waals surface area contributed by atoms with Crippen LogP contribution in [-0.4, -0.2) is 17.4 Å². The van der Waals surface area contributed by atoms with Gasteiger partial charge < -0.3 is 14.2 Å². The number of rotatable bonds is 14. The molecular weight excluding hydrogens is 584 g/mol. The van der Waals surface area contributed by atoms with Gasteiger partial charge in [0.25, 0.3) is 0 Å². The topological polar surface area (TPSA) is 61.8 Å². The number of Topliss-reactive ketones (excluding diaryl/α,β-unsaturated/α-hetero) is 1. The standard InChI is InChI=1S/C42H50O5/c1-10-41(8,11-2)39(43)31-14-20-35(21-15-31)45-36-22-16-32(17-23-36)40(44)46-37-24-18-33(26-28(37)5)30(7)34-19-25-38(29(6)27-34)47-42(9,12-3)13-4/h14-27,30H,10-13H2,1-9H3. The van der Waals surface area contributed by atoms with Crippen molar-refractivity contribution in [3.8, 4) is 23.0 Å². The van der Waals surface area contributed by atoms with E-state index in [0.29, 0.717) is 28.4 Å². The third-order valence-corrected chi connectivity index (χ3v) is 10.0. The Kier molecular flexibility index (Phi) is 11.3. The Bertz CT molecular complexity index is 1680. The lowest BCUT2D eigenvalue weighted by Crippen LogP contribution is -2.30. The van der Waals surface area contributed by atoms with E-state index >= 15 is 0 Å². The molecule has 0 amide bonds. The van der Waals surface area contributed by atoms with Gasteiger partial charge in [0.15, 0.2) is 5.78 Å². The van der Waals surface area contributed by atoms with Crippen LogP contribution in [0.2, 0.25) is 0 Å². The summed E-state index contributed by atoms with van der Waals surface area (Å²) in [5.74, 6) is 2.53. The van der Waals surface area contributed by atoms with E-state index in [1.165, 1.54) is 5.56 Å². The number of hydrogen-bond acceptors (Lipinski definition) is 5. The van der Waals surface area contributed by atoms with Crippen LogP contribution in [-0.2, 0) is 0 Å². The molecule has 4 aromatic carbocycles. The molecule has 0 radical (unpaired) electrons. The predicted molar refractivity (Wildman–Crippen MR) is 190 cm³/mol. The molecule has 1 unspecified atom stereocenters. The second kappa shape index (κ2) is 15.0. The molecule has 0 bridgehead atoms. The van der Waals surface area contributed by atoms with Crippen LogP contribution < -0.4 is 14.2 Å². The van der Waals surface area contributed by atoms with Gasteiger partial charge in [-0.25, -0.2) is 4.79 Å². The van der Waals surface area contributed by atoms with Crippen molar-refractivity contribution in [3.05, 3.63) is 118 Å². The highest BCUT2D eigenvalue weighted by Crippen LogP contribution is 2.34. The van der Waals surface area contributed by atoms with Gasteiger partial charge in [-0.15, -0.1) is 0 Å². The summed E-state index contributed by atoms with van der Waals surface area (Å²) in [6, 6.07) is 26.5. The molecule has 5 heteroatoms. The first-order valence-electron chi connectivity index (χ1n) is 16.9. The molecule has 4 aromatic rings. The van der Waals surface area contributed by atoms with Crippen molar-refractivity contribution in [2.24, 2.45) is 5.41 Å². The quantitative estimate of drug-likeness (QED) is 0.0784. The van der Waals surface area contributed by atoms with Crippen LogP contribution in [0.25, 0.3) is 0 Å². The normalized spacial score (nSPS) is 12.4. The highest BCUT2D eigenvalue weighted by molar-refractivity contribution is 6.00. The monoisotopic (exact) mass is 634 g/mol. The Labute approximate surface area is 281 Å². The van der Waals surface area contributed by atoms with Crippen LogP contribution in [0.4, 0.5) is 0 Å². The molecule has 0 aliphatic carbocycles. The molecule has 248 valence electrons. The van der Waals surface area contributed by atoms with Gasteiger partial charge in [-0.1, -0.05) is 65.8 Å². The largest absolute Gasteiger partial charge is 0.487 e. The molecule has 0 saturated carbocycles. The molecule has 0 spiro atoms. The van der Waals surface area contributed by atoms with E-state index in [9.17, 15) is 9.59 Å². The number of ether oxygens (including phenoxy) is 3. The number of hydrogen-bond donors (Lipinski definition) is 0. The Morgan fingerprint density at radius 2 is 1.11 bits per heavy atom. The first kappa shape index (κ1) is 35.5. The number of carbonyl (C=O) groups is 2. The van der Waals surface area contributed by atoms with Crippen molar-refractivity contribution in [1.82, 2.24) is 0 Å². The van der Waals surface area contributed by atoms with Crippen molar-refractivity contribution < 1.29 is 23.8 Å². The van der Waals surface area contributed by atoms with Gasteiger partial charge in [0.2, 0.25) is 0 Å². The van der Waals surface area contributed by atoms with E-state index in [-0.39, 0.29) is 22.7 Å². The summed E-state index contributed by atoms with van der Waals surface area (Å²) in [4.78, 5) is 26.0. The van der Waals surface area contributed by atoms with E-state index in [1.54, 1.807) is 36.4 Å². The zero-order valence-corrected chi connectivity index (χ0v) is 29.5. The van der Waals surface area contributed by atoms with Gasteiger partial charge in [-0.2, -0.15) is 0 Å². The van der Waals surface area contributed by atoms with Crippen LogP contribution in [0.15, 0.2) is 84.9 Å². The zero-order valence-electron chi connectivity index (χ0n) is 29.5. The molecule has 5 nitrogen and oxygen atoms in total. The van der Waals surface area contributed by atoms with E-state index in [0.717, 1.165) is 48.1 Å². The fraction of sp³-hybridized carbons (Fsp3) is 0.381. The van der Waals surface area contributed by atoms with E-state index in [2.05, 4.69) is 58.9 Å². The lowest BCUT2D eigenvalue weighted by molar-refractivity contribution is 0.0732. The fourth-order valence-electron chi connectivity index (χ4n) is 5.51. The van der Waals surface area contributed by atoms with Crippen LogP contribution >= 0.6 is 0 Å². The van der Waals surface area contributed by atoms with Crippen LogP contribution in [0.3, 0.4) is 0 Å². The second-order valence-electron chi connectivity index (χ2n) is 13.2. The second-order valence-corrected chi connectivity index (χ2v) is 13.2. The fourth-order valence-corrected chi connectivity index (χ4v) is 5.51. The maximum Gasteiger partial charge on any atom is 0.343 e. The number of esters is 1. The summed E-state index contributed by atoms with van der Waals surface area (Å²) in [6.07, 6.45) is 3.50. The molecule has 4 rings (SSSR count). The molecule has 0 N–H and O–H groups in total. The molecule has 1 atom stereocenters. The van der Waals surface area contributed by atoms with Crippen molar-refractivity contribution in [3.63, 3.8) is 0 Å². The Hall–Kier alpha value is -4.38. The smallest absolute Gasteiger partial charge is 0.343 e. The van der Waals surface area contributed by atoms with Crippen molar-refractivity contribution in [1.29, 1.82) is 0 Å². The Morgan fingerprint density at radius 3 is 1.55 bits per heavy atom. The van der Waals surface area contributed by atoms with Gasteiger partial charge in [0, 0.05) is 16.9 Å². The molecule has 47 heavy (non-hydrogen) atoms. The van der Waals surface area contributed by atoms with Crippen LogP contribution in [0.1, 0.15) is 123 Å². The maximum absolute atomic E-state index is 13.0. The van der Waals surface area contributed by atoms with E-state index in [4.69, 9.17) is 14.2 Å². The summed E-state index contributed by atoms with van der Waals surface area (Å²) >= 11 is 0. The van der Waals surface area contributed by atoms with Gasteiger partial charge in [0.1, 0.15) is 28.6 Å². The average molecular weight is 635 g/mol. The van der Waals surface area contributed by atoms with Crippen LogP contribution in [0, 0.1) is 19.3 Å². The number of ketones is 1. The molecular formula is C42H50O5. The van der Waals surface area contributed by atoms with Gasteiger partial charge >= 0.3 is 5.97 Å². The third kappa shape index (κ3) is 8.32. The minimum Gasteiger partial charge on any atom is -0.487 e. The Balaban J connectivity index is 1.38. The minimum atomic E-state index is -0.435. The summed E-state index contributed by atoms with van der Waals surface area (Å²) in [7, 11) is 0. The van der Waals surface area contributed by atoms with Crippen LogP contribution in [0.5, 0.6) is 23.0 Å². The van der Waals surface area contributed by atoms with Gasteiger partial charge in [0.05, 0.1) is 5.56 Å². The molecule has 0 aliphatic rings. The highest BCUT2D eigenvalue weighted by Gasteiger charge is 2.30. The van der Waals surface area contributed by atoms with E-state index < -0.39 is 5.97 Å². The lowest BCUT2D eigenvalue weighted by Gasteiger charge is -2.29. The summed E-state index contributed by atoms with van der Waals surface area (Å²) in [6.45, 7) is 18.8.